The highest BCUT2D eigenvalue weighted by molar-refractivity contribution is 9.09. The number of nitro benzene ring substituents is 1. The predicted octanol–water partition coefficient (Wildman–Crippen LogP) is 3.33. The number of rotatable bonds is 5. The number of non-ortho nitro benzene ring substituents is 1. The smallest absolute Gasteiger partial charge is 0.272 e. The van der Waals surface area contributed by atoms with E-state index in [0.29, 0.717) is 57.9 Å². The normalized spacial score (nSPS) is 20.6. The van der Waals surface area contributed by atoms with Crippen molar-refractivity contribution in [2.24, 2.45) is 0 Å². The fourth-order valence-electron chi connectivity index (χ4n) is 4.01. The molecule has 0 fully saturated rings. The minimum Gasteiger partial charge on any atom is -0.333 e. The van der Waals surface area contributed by atoms with Crippen LogP contribution in [0.15, 0.2) is 35.4 Å². The van der Waals surface area contributed by atoms with E-state index in [-0.39, 0.29) is 5.69 Å². The lowest BCUT2D eigenvalue weighted by Crippen LogP contribution is -2.42. The third kappa shape index (κ3) is 3.24. The summed E-state index contributed by atoms with van der Waals surface area (Å²) in [7, 11) is -2.94. The average molecular weight is 554 g/mol. The van der Waals surface area contributed by atoms with Gasteiger partial charge in [-0.3, -0.25) is 15.1 Å². The lowest BCUT2D eigenvalue weighted by Gasteiger charge is -2.31. The third-order valence-electron chi connectivity index (χ3n) is 5.34. The van der Waals surface area contributed by atoms with E-state index in [0.717, 1.165) is 11.3 Å². The largest absolute Gasteiger partial charge is 0.333 e. The molecule has 0 aliphatic carbocycles. The molecule has 2 aliphatic rings. The standard InChI is InChI=1S/C20H18Br2N4O3S/c1-2-14-10-16(26(27)28)11-18-20(14)25(9-6-21)19(12-22)30(18,29)24-8-5-15-4-3-7-23-17(15)13-24/h1,3-4,7,10-11H,5-6,8-9,12-13H2. The summed E-state index contributed by atoms with van der Waals surface area (Å²) in [6, 6.07) is 6.73. The zero-order valence-electron chi connectivity index (χ0n) is 15.9. The van der Waals surface area contributed by atoms with Crippen molar-refractivity contribution in [2.45, 2.75) is 17.9 Å². The van der Waals surface area contributed by atoms with E-state index in [2.05, 4.69) is 42.8 Å². The lowest BCUT2D eigenvalue weighted by atomic mass is 10.1. The van der Waals surface area contributed by atoms with Crippen LogP contribution in [0.1, 0.15) is 16.8 Å². The molecule has 0 saturated carbocycles. The number of nitrogens with zero attached hydrogens (tertiary/aromatic N) is 4. The zero-order valence-corrected chi connectivity index (χ0v) is 19.9. The highest BCUT2D eigenvalue weighted by Gasteiger charge is 2.41. The lowest BCUT2D eigenvalue weighted by molar-refractivity contribution is -0.385. The Bertz CT molecular complexity index is 1200. The van der Waals surface area contributed by atoms with E-state index in [1.54, 1.807) is 6.20 Å². The fraction of sp³-hybridized carbons (Fsp3) is 0.300. The van der Waals surface area contributed by atoms with Gasteiger partial charge >= 0.3 is 0 Å². The van der Waals surface area contributed by atoms with Crippen molar-refractivity contribution in [3.63, 3.8) is 0 Å². The number of anilines is 1. The van der Waals surface area contributed by atoms with Crippen LogP contribution in [0.25, 0.3) is 0 Å². The second-order valence-electron chi connectivity index (χ2n) is 6.86. The molecule has 0 saturated heterocycles. The summed E-state index contributed by atoms with van der Waals surface area (Å²) in [6.07, 6.45) is 8.16. The van der Waals surface area contributed by atoms with Crippen LogP contribution in [0.5, 0.6) is 0 Å². The average Bonchev–Trinajstić information content (AvgIpc) is 3.01. The van der Waals surface area contributed by atoms with E-state index in [1.807, 2.05) is 21.3 Å². The molecule has 30 heavy (non-hydrogen) atoms. The highest BCUT2D eigenvalue weighted by Crippen LogP contribution is 2.42. The first-order chi connectivity index (χ1) is 14.4. The van der Waals surface area contributed by atoms with Crippen LogP contribution < -0.4 is 4.90 Å². The molecule has 1 aromatic carbocycles. The number of terminal acetylenes is 1. The van der Waals surface area contributed by atoms with Gasteiger partial charge in [0.25, 0.3) is 5.69 Å². The number of nitro groups is 1. The molecule has 0 radical (unpaired) electrons. The Balaban J connectivity index is 1.98. The molecule has 4 rings (SSSR count). The van der Waals surface area contributed by atoms with E-state index in [1.165, 1.54) is 12.1 Å². The molecule has 1 atom stereocenters. The first-order valence-electron chi connectivity index (χ1n) is 9.22. The molecule has 0 bridgehead atoms. The van der Waals surface area contributed by atoms with Gasteiger partial charge in [-0.25, -0.2) is 8.51 Å². The molecule has 0 amide bonds. The summed E-state index contributed by atoms with van der Waals surface area (Å²) in [4.78, 5) is 18.5. The van der Waals surface area contributed by atoms with Crippen molar-refractivity contribution in [2.75, 3.05) is 28.6 Å². The second-order valence-corrected chi connectivity index (χ2v) is 10.7. The summed E-state index contributed by atoms with van der Waals surface area (Å²) >= 11 is 6.97. The zero-order chi connectivity index (χ0) is 21.5. The molecule has 1 unspecified atom stereocenters. The maximum absolute atomic E-state index is 14.7. The van der Waals surface area contributed by atoms with E-state index in [9.17, 15) is 14.3 Å². The fourth-order valence-corrected chi connectivity index (χ4v) is 8.47. The molecular weight excluding hydrogens is 536 g/mol. The van der Waals surface area contributed by atoms with Gasteiger partial charge in [-0.1, -0.05) is 43.8 Å². The van der Waals surface area contributed by atoms with Gasteiger partial charge in [-0.2, -0.15) is 0 Å². The van der Waals surface area contributed by atoms with Crippen molar-refractivity contribution in [3.8, 4) is 12.3 Å². The monoisotopic (exact) mass is 552 g/mol. The van der Waals surface area contributed by atoms with Gasteiger partial charge in [-0.15, -0.1) is 6.42 Å². The Kier molecular flexibility index (Phi) is 5.90. The van der Waals surface area contributed by atoms with Gasteiger partial charge in [0, 0.05) is 36.7 Å². The molecule has 156 valence electrons. The summed E-state index contributed by atoms with van der Waals surface area (Å²) < 4.78 is 16.6. The number of alkyl halides is 2. The molecule has 10 heteroatoms. The van der Waals surface area contributed by atoms with Gasteiger partial charge in [0.2, 0.25) is 0 Å². The Morgan fingerprint density at radius 1 is 1.37 bits per heavy atom. The number of benzene rings is 1. The highest BCUT2D eigenvalue weighted by atomic mass is 79.9. The van der Waals surface area contributed by atoms with Gasteiger partial charge < -0.3 is 4.90 Å². The van der Waals surface area contributed by atoms with Crippen LogP contribution in [-0.2, 0) is 22.7 Å². The molecule has 2 aliphatic heterocycles. The van der Waals surface area contributed by atoms with Crippen LogP contribution >= 0.6 is 31.9 Å². The Hall–Kier alpha value is -1.93. The van der Waals surface area contributed by atoms with Crippen LogP contribution in [0.2, 0.25) is 0 Å². The van der Waals surface area contributed by atoms with Crippen LogP contribution in [0.4, 0.5) is 11.4 Å². The molecule has 0 spiro atoms. The topological polar surface area (TPSA) is 79.6 Å². The Morgan fingerprint density at radius 3 is 2.83 bits per heavy atom. The third-order valence-corrected chi connectivity index (χ3v) is 9.55. The first kappa shape index (κ1) is 21.3. The van der Waals surface area contributed by atoms with E-state index < -0.39 is 14.6 Å². The van der Waals surface area contributed by atoms with Gasteiger partial charge in [0.1, 0.15) is 4.99 Å². The van der Waals surface area contributed by atoms with Crippen molar-refractivity contribution < 1.29 is 9.13 Å². The summed E-state index contributed by atoms with van der Waals surface area (Å²) in [5, 5.41) is 12.5. The number of hydrogen-bond donors (Lipinski definition) is 0. The van der Waals surface area contributed by atoms with Gasteiger partial charge in [-0.05, 0) is 18.1 Å². The summed E-state index contributed by atoms with van der Waals surface area (Å²) in [6.45, 7) is 1.50. The predicted molar refractivity (Wildman–Crippen MR) is 126 cm³/mol. The quantitative estimate of drug-likeness (QED) is 0.186. The Morgan fingerprint density at radius 2 is 2.17 bits per heavy atom. The van der Waals surface area contributed by atoms with Crippen molar-refractivity contribution >= 4 is 57.9 Å². The SMILES string of the molecule is C#Cc1cc([N+](=O)[O-])cc2c1N(CCBr)C(CBr)=S2(=O)N1CCc2cccnc2C1. The Labute approximate surface area is 192 Å². The number of hydrogen-bond acceptors (Lipinski definition) is 5. The first-order valence-corrected chi connectivity index (χ1v) is 13.0. The van der Waals surface area contributed by atoms with E-state index >= 15 is 0 Å². The number of pyridine rings is 1. The molecule has 0 N–H and O–H groups in total. The van der Waals surface area contributed by atoms with Crippen molar-refractivity contribution in [1.82, 2.24) is 9.29 Å². The number of aromatic nitrogens is 1. The van der Waals surface area contributed by atoms with Crippen molar-refractivity contribution in [3.05, 3.63) is 57.4 Å². The van der Waals surface area contributed by atoms with Crippen LogP contribution in [0, 0.1) is 22.5 Å². The molecule has 7 nitrogen and oxygen atoms in total. The number of halogens is 2. The maximum atomic E-state index is 14.7. The second kappa shape index (κ2) is 8.30. The molecular formula is C20H18Br2N4O3S. The van der Waals surface area contributed by atoms with Crippen LogP contribution in [-0.4, -0.2) is 47.2 Å². The van der Waals surface area contributed by atoms with Crippen molar-refractivity contribution in [1.29, 1.82) is 0 Å². The van der Waals surface area contributed by atoms with Crippen LogP contribution in [0.3, 0.4) is 0 Å². The minimum absolute atomic E-state index is 0.153. The maximum Gasteiger partial charge on any atom is 0.272 e. The van der Waals surface area contributed by atoms with Gasteiger partial charge in [0.05, 0.1) is 48.3 Å². The number of fused-ring (bicyclic) bond motifs is 2. The molecule has 1 aromatic heterocycles. The molecule has 2 aromatic rings. The van der Waals surface area contributed by atoms with E-state index in [4.69, 9.17) is 6.42 Å². The summed E-state index contributed by atoms with van der Waals surface area (Å²) in [5.74, 6) is 2.57. The minimum atomic E-state index is -2.94. The van der Waals surface area contributed by atoms with Gasteiger partial charge in [0.15, 0.2) is 0 Å². The summed E-state index contributed by atoms with van der Waals surface area (Å²) in [5.41, 5.74) is 2.85. The molecule has 3 heterocycles.